The van der Waals surface area contributed by atoms with Crippen molar-refractivity contribution in [1.29, 1.82) is 0 Å². The van der Waals surface area contributed by atoms with Gasteiger partial charge in [0.2, 0.25) is 5.78 Å². The van der Waals surface area contributed by atoms with E-state index < -0.39 is 16.6 Å². The molecule has 3 rings (SSSR count). The van der Waals surface area contributed by atoms with Gasteiger partial charge in [0, 0.05) is 18.0 Å². The van der Waals surface area contributed by atoms with Gasteiger partial charge in [-0.15, -0.1) is 0 Å². The zero-order chi connectivity index (χ0) is 17.3. The highest BCUT2D eigenvalue weighted by Crippen LogP contribution is 2.34. The van der Waals surface area contributed by atoms with E-state index in [9.17, 15) is 14.0 Å². The second-order valence-electron chi connectivity index (χ2n) is 5.40. The second-order valence-corrected chi connectivity index (χ2v) is 5.74. The maximum atomic E-state index is 13.3. The SMILES string of the molecule is Cc1cc(F)ccc1C(=O)C1(c2ccc(C(=O)Cl)cn2)C=CC=N1. The van der Waals surface area contributed by atoms with Crippen LogP contribution in [0.3, 0.4) is 0 Å². The fourth-order valence-corrected chi connectivity index (χ4v) is 2.72. The zero-order valence-electron chi connectivity index (χ0n) is 12.7. The number of rotatable bonds is 4. The average molecular weight is 343 g/mol. The number of carbonyl (C=O) groups is 2. The molecule has 6 heteroatoms. The molecule has 24 heavy (non-hydrogen) atoms. The number of Topliss-reactive ketones (excluding diaryl/α,β-unsaturated/α-hetero) is 1. The van der Waals surface area contributed by atoms with Crippen molar-refractivity contribution >= 4 is 28.8 Å². The van der Waals surface area contributed by atoms with Crippen molar-refractivity contribution in [2.24, 2.45) is 4.99 Å². The van der Waals surface area contributed by atoms with Crippen LogP contribution >= 0.6 is 11.6 Å². The first-order chi connectivity index (χ1) is 11.4. The van der Waals surface area contributed by atoms with Crippen molar-refractivity contribution in [3.8, 4) is 0 Å². The number of ketones is 1. The van der Waals surface area contributed by atoms with Crippen molar-refractivity contribution in [2.75, 3.05) is 0 Å². The van der Waals surface area contributed by atoms with E-state index >= 15 is 0 Å². The van der Waals surface area contributed by atoms with Crippen LogP contribution in [0.4, 0.5) is 4.39 Å². The number of aliphatic imine (C=N–C) groups is 1. The van der Waals surface area contributed by atoms with Gasteiger partial charge >= 0.3 is 0 Å². The summed E-state index contributed by atoms with van der Waals surface area (Å²) in [6.45, 7) is 1.66. The molecule has 0 aliphatic carbocycles. The Bertz CT molecular complexity index is 876. The van der Waals surface area contributed by atoms with Crippen LogP contribution in [0.15, 0.2) is 53.7 Å². The fourth-order valence-electron chi connectivity index (χ4n) is 2.61. The molecule has 0 fully saturated rings. The summed E-state index contributed by atoms with van der Waals surface area (Å²) >= 11 is 5.42. The van der Waals surface area contributed by atoms with Gasteiger partial charge in [0.1, 0.15) is 5.82 Å². The van der Waals surface area contributed by atoms with E-state index in [0.29, 0.717) is 16.8 Å². The van der Waals surface area contributed by atoms with Gasteiger partial charge in [0.05, 0.1) is 11.3 Å². The third-order valence-corrected chi connectivity index (χ3v) is 4.08. The predicted molar refractivity (Wildman–Crippen MR) is 89.2 cm³/mol. The summed E-state index contributed by atoms with van der Waals surface area (Å²) in [7, 11) is 0. The molecule has 0 bridgehead atoms. The number of pyridine rings is 1. The predicted octanol–water partition coefficient (Wildman–Crippen LogP) is 3.63. The van der Waals surface area contributed by atoms with Crippen LogP contribution in [0, 0.1) is 12.7 Å². The molecule has 1 unspecified atom stereocenters. The molecule has 0 N–H and O–H groups in total. The number of hydrogen-bond donors (Lipinski definition) is 0. The lowest BCUT2D eigenvalue weighted by Crippen LogP contribution is -2.32. The number of allylic oxidation sites excluding steroid dienone is 1. The van der Waals surface area contributed by atoms with Crippen LogP contribution in [-0.4, -0.2) is 22.2 Å². The van der Waals surface area contributed by atoms with Gasteiger partial charge in [-0.3, -0.25) is 19.6 Å². The Labute approximate surface area is 142 Å². The molecule has 1 aromatic heterocycles. The average Bonchev–Trinajstić information content (AvgIpc) is 3.05. The molecule has 1 atom stereocenters. The lowest BCUT2D eigenvalue weighted by molar-refractivity contribution is 0.0920. The molecular weight excluding hydrogens is 331 g/mol. The Morgan fingerprint density at radius 1 is 1.21 bits per heavy atom. The van der Waals surface area contributed by atoms with Crippen molar-refractivity contribution in [2.45, 2.75) is 12.5 Å². The summed E-state index contributed by atoms with van der Waals surface area (Å²) in [4.78, 5) is 32.7. The molecule has 120 valence electrons. The number of benzene rings is 1. The van der Waals surface area contributed by atoms with Crippen molar-refractivity contribution in [3.63, 3.8) is 0 Å². The van der Waals surface area contributed by atoms with E-state index in [0.717, 1.165) is 0 Å². The minimum Gasteiger partial charge on any atom is -0.291 e. The molecule has 0 saturated carbocycles. The molecule has 0 radical (unpaired) electrons. The molecule has 1 aliphatic rings. The van der Waals surface area contributed by atoms with E-state index in [1.807, 2.05) is 0 Å². The molecule has 2 aromatic rings. The van der Waals surface area contributed by atoms with Crippen molar-refractivity contribution in [1.82, 2.24) is 4.98 Å². The Morgan fingerprint density at radius 2 is 2.00 bits per heavy atom. The largest absolute Gasteiger partial charge is 0.291 e. The van der Waals surface area contributed by atoms with Crippen molar-refractivity contribution < 1.29 is 14.0 Å². The van der Waals surface area contributed by atoms with Crippen LogP contribution in [0.1, 0.15) is 32.0 Å². The van der Waals surface area contributed by atoms with E-state index in [-0.39, 0.29) is 11.3 Å². The molecule has 0 amide bonds. The molecule has 1 aliphatic heterocycles. The van der Waals surface area contributed by atoms with E-state index in [1.54, 1.807) is 25.1 Å². The summed E-state index contributed by atoms with van der Waals surface area (Å²) in [5.41, 5.74) is 0.146. The Morgan fingerprint density at radius 3 is 2.54 bits per heavy atom. The number of hydrogen-bond acceptors (Lipinski definition) is 4. The first kappa shape index (κ1) is 16.2. The minimum atomic E-state index is -1.32. The molecule has 0 spiro atoms. The van der Waals surface area contributed by atoms with Crippen LogP contribution in [0.2, 0.25) is 0 Å². The first-order valence-electron chi connectivity index (χ1n) is 7.14. The molecule has 2 heterocycles. The molecular formula is C18H12ClFN2O2. The third kappa shape index (κ3) is 2.67. The van der Waals surface area contributed by atoms with Gasteiger partial charge in [-0.1, -0.05) is 0 Å². The second kappa shape index (κ2) is 6.09. The summed E-state index contributed by atoms with van der Waals surface area (Å²) in [6, 6.07) is 7.00. The highest BCUT2D eigenvalue weighted by Gasteiger charge is 2.41. The Kier molecular flexibility index (Phi) is 4.11. The molecule has 0 saturated heterocycles. The van der Waals surface area contributed by atoms with Crippen LogP contribution in [0.25, 0.3) is 0 Å². The summed E-state index contributed by atoms with van der Waals surface area (Å²) in [5.74, 6) is -0.728. The number of carbonyl (C=O) groups excluding carboxylic acids is 2. The minimum absolute atomic E-state index is 0.229. The first-order valence-corrected chi connectivity index (χ1v) is 7.52. The van der Waals surface area contributed by atoms with Gasteiger partial charge in [0.25, 0.3) is 5.24 Å². The molecule has 4 nitrogen and oxygen atoms in total. The lowest BCUT2D eigenvalue weighted by atomic mass is 9.85. The Balaban J connectivity index is 2.09. The maximum Gasteiger partial charge on any atom is 0.253 e. The number of halogens is 2. The number of aryl methyl sites for hydroxylation is 1. The highest BCUT2D eigenvalue weighted by molar-refractivity contribution is 6.67. The van der Waals surface area contributed by atoms with Gasteiger partial charge in [-0.2, -0.15) is 0 Å². The van der Waals surface area contributed by atoms with Gasteiger partial charge in [-0.25, -0.2) is 4.39 Å². The van der Waals surface area contributed by atoms with Gasteiger partial charge in [-0.05, 0) is 66.6 Å². The van der Waals surface area contributed by atoms with Crippen LogP contribution < -0.4 is 0 Å². The van der Waals surface area contributed by atoms with E-state index in [4.69, 9.17) is 11.6 Å². The van der Waals surface area contributed by atoms with E-state index in [2.05, 4.69) is 9.98 Å². The fraction of sp³-hybridized carbons (Fsp3) is 0.111. The maximum absolute atomic E-state index is 13.3. The summed E-state index contributed by atoms with van der Waals surface area (Å²) < 4.78 is 13.3. The molecule has 1 aromatic carbocycles. The number of aromatic nitrogens is 1. The normalized spacial score (nSPS) is 18.8. The monoisotopic (exact) mass is 342 g/mol. The van der Waals surface area contributed by atoms with Crippen LogP contribution in [0.5, 0.6) is 0 Å². The smallest absolute Gasteiger partial charge is 0.253 e. The third-order valence-electron chi connectivity index (χ3n) is 3.86. The van der Waals surface area contributed by atoms with Crippen molar-refractivity contribution in [3.05, 3.63) is 76.9 Å². The standard InChI is InChI=1S/C18H12ClFN2O2/c1-11-9-13(20)4-5-14(11)16(23)18(7-2-8-22-18)15-6-3-12(10-21-15)17(19)24/h2-10H,1H3. The Hall–Kier alpha value is -2.66. The lowest BCUT2D eigenvalue weighted by Gasteiger charge is -2.23. The van der Waals surface area contributed by atoms with Gasteiger partial charge < -0.3 is 0 Å². The zero-order valence-corrected chi connectivity index (χ0v) is 13.4. The summed E-state index contributed by atoms with van der Waals surface area (Å²) in [6.07, 6.45) is 6.10. The topological polar surface area (TPSA) is 59.4 Å². The summed E-state index contributed by atoms with van der Waals surface area (Å²) in [5, 5.41) is -0.630. The van der Waals surface area contributed by atoms with E-state index in [1.165, 1.54) is 36.7 Å². The van der Waals surface area contributed by atoms with Crippen LogP contribution in [-0.2, 0) is 5.54 Å². The highest BCUT2D eigenvalue weighted by atomic mass is 35.5. The number of nitrogens with zero attached hydrogens (tertiary/aromatic N) is 2. The van der Waals surface area contributed by atoms with Gasteiger partial charge in [0.15, 0.2) is 5.54 Å². The quantitative estimate of drug-likeness (QED) is 0.629.